The molecular weight excluding hydrogens is 266 g/mol. The summed E-state index contributed by atoms with van der Waals surface area (Å²) < 4.78 is 5.71. The van der Waals surface area contributed by atoms with E-state index in [-0.39, 0.29) is 6.10 Å². The van der Waals surface area contributed by atoms with Gasteiger partial charge in [-0.05, 0) is 64.4 Å². The smallest absolute Gasteiger partial charge is 0.309 e. The quantitative estimate of drug-likeness (QED) is 0.905. The highest BCUT2D eigenvalue weighted by Gasteiger charge is 2.36. The van der Waals surface area contributed by atoms with Crippen LogP contribution in [0.25, 0.3) is 0 Å². The van der Waals surface area contributed by atoms with Crippen LogP contribution in [0.15, 0.2) is 24.3 Å². The highest BCUT2D eigenvalue weighted by molar-refractivity contribution is 5.74. The molecule has 0 amide bonds. The van der Waals surface area contributed by atoms with E-state index in [0.29, 0.717) is 12.8 Å². The first-order valence-electron chi connectivity index (χ1n) is 7.60. The first kappa shape index (κ1) is 15.8. The summed E-state index contributed by atoms with van der Waals surface area (Å²) in [6.45, 7) is 8.40. The van der Waals surface area contributed by atoms with Crippen LogP contribution in [0.4, 0.5) is 0 Å². The predicted octanol–water partition coefficient (Wildman–Crippen LogP) is 3.16. The number of hydrogen-bond donors (Lipinski definition) is 1. The van der Waals surface area contributed by atoms with Crippen molar-refractivity contribution in [3.63, 3.8) is 0 Å². The summed E-state index contributed by atoms with van der Waals surface area (Å²) >= 11 is 0. The third-order valence-corrected chi connectivity index (χ3v) is 4.15. The number of carbonyl (C=O) groups is 1. The SMILES string of the molecule is CC(C)Oc1cccc(CN2CCC(C)(C(=O)O)CC2)c1. The van der Waals surface area contributed by atoms with Gasteiger partial charge in [-0.25, -0.2) is 0 Å². The maximum Gasteiger partial charge on any atom is 0.309 e. The lowest BCUT2D eigenvalue weighted by Gasteiger charge is -2.36. The lowest BCUT2D eigenvalue weighted by Crippen LogP contribution is -2.42. The minimum Gasteiger partial charge on any atom is -0.491 e. The molecule has 116 valence electrons. The highest BCUT2D eigenvalue weighted by atomic mass is 16.5. The van der Waals surface area contributed by atoms with Gasteiger partial charge in [0.2, 0.25) is 0 Å². The molecule has 1 fully saturated rings. The number of aliphatic carboxylic acids is 1. The number of rotatable bonds is 5. The van der Waals surface area contributed by atoms with Crippen LogP contribution in [0, 0.1) is 5.41 Å². The van der Waals surface area contributed by atoms with Crippen LogP contribution in [0.3, 0.4) is 0 Å². The molecule has 0 aromatic heterocycles. The van der Waals surface area contributed by atoms with Gasteiger partial charge < -0.3 is 9.84 Å². The van der Waals surface area contributed by atoms with E-state index < -0.39 is 11.4 Å². The molecule has 4 nitrogen and oxygen atoms in total. The molecule has 0 unspecified atom stereocenters. The van der Waals surface area contributed by atoms with Gasteiger partial charge in [0.05, 0.1) is 11.5 Å². The zero-order valence-electron chi connectivity index (χ0n) is 13.1. The van der Waals surface area contributed by atoms with Gasteiger partial charge in [0.25, 0.3) is 0 Å². The molecule has 0 atom stereocenters. The molecule has 4 heteroatoms. The monoisotopic (exact) mass is 291 g/mol. The van der Waals surface area contributed by atoms with Crippen molar-refractivity contribution in [2.45, 2.75) is 46.3 Å². The van der Waals surface area contributed by atoms with Crippen LogP contribution < -0.4 is 4.74 Å². The van der Waals surface area contributed by atoms with E-state index >= 15 is 0 Å². The normalized spacial score (nSPS) is 18.7. The van der Waals surface area contributed by atoms with Crippen molar-refractivity contribution < 1.29 is 14.6 Å². The minimum absolute atomic E-state index is 0.173. The fourth-order valence-electron chi connectivity index (χ4n) is 2.67. The Balaban J connectivity index is 1.93. The first-order valence-corrected chi connectivity index (χ1v) is 7.60. The average molecular weight is 291 g/mol. The van der Waals surface area contributed by atoms with E-state index in [9.17, 15) is 9.90 Å². The zero-order chi connectivity index (χ0) is 15.5. The molecule has 2 rings (SSSR count). The molecule has 1 aliphatic rings. The van der Waals surface area contributed by atoms with Crippen LogP contribution in [0.2, 0.25) is 0 Å². The molecule has 0 spiro atoms. The molecule has 1 N–H and O–H groups in total. The van der Waals surface area contributed by atoms with Gasteiger partial charge in [0.15, 0.2) is 0 Å². The van der Waals surface area contributed by atoms with Crippen molar-refractivity contribution in [3.8, 4) is 5.75 Å². The third-order valence-electron chi connectivity index (χ3n) is 4.15. The van der Waals surface area contributed by atoms with Crippen molar-refractivity contribution in [2.75, 3.05) is 13.1 Å². The van der Waals surface area contributed by atoms with E-state index in [0.717, 1.165) is 25.4 Å². The van der Waals surface area contributed by atoms with Gasteiger partial charge in [-0.15, -0.1) is 0 Å². The topological polar surface area (TPSA) is 49.8 Å². The third kappa shape index (κ3) is 4.21. The molecule has 1 saturated heterocycles. The zero-order valence-corrected chi connectivity index (χ0v) is 13.1. The summed E-state index contributed by atoms with van der Waals surface area (Å²) in [6, 6.07) is 8.16. The Kier molecular flexibility index (Phi) is 4.88. The highest BCUT2D eigenvalue weighted by Crippen LogP contribution is 2.31. The molecule has 1 aliphatic heterocycles. The maximum absolute atomic E-state index is 11.3. The number of benzene rings is 1. The Hall–Kier alpha value is -1.55. The second-order valence-electron chi connectivity index (χ2n) is 6.46. The van der Waals surface area contributed by atoms with E-state index in [1.165, 1.54) is 5.56 Å². The van der Waals surface area contributed by atoms with E-state index in [4.69, 9.17) is 4.74 Å². The number of carboxylic acid groups (broad SMARTS) is 1. The van der Waals surface area contributed by atoms with Gasteiger partial charge in [-0.1, -0.05) is 12.1 Å². The summed E-state index contributed by atoms with van der Waals surface area (Å²) in [5, 5.41) is 9.26. The Bertz CT molecular complexity index is 491. The molecule has 0 radical (unpaired) electrons. The molecule has 0 bridgehead atoms. The van der Waals surface area contributed by atoms with Crippen LogP contribution in [-0.2, 0) is 11.3 Å². The fourth-order valence-corrected chi connectivity index (χ4v) is 2.67. The summed E-state index contributed by atoms with van der Waals surface area (Å²) in [5.74, 6) is 0.226. The van der Waals surface area contributed by atoms with Crippen molar-refractivity contribution in [2.24, 2.45) is 5.41 Å². The van der Waals surface area contributed by atoms with Crippen LogP contribution >= 0.6 is 0 Å². The first-order chi connectivity index (χ1) is 9.89. The molecular formula is C17H25NO3. The van der Waals surface area contributed by atoms with Gasteiger partial charge in [0.1, 0.15) is 5.75 Å². The Morgan fingerprint density at radius 3 is 2.62 bits per heavy atom. The van der Waals surface area contributed by atoms with Crippen molar-refractivity contribution >= 4 is 5.97 Å². The van der Waals surface area contributed by atoms with Crippen LogP contribution in [0.1, 0.15) is 39.2 Å². The molecule has 21 heavy (non-hydrogen) atoms. The fraction of sp³-hybridized carbons (Fsp3) is 0.588. The summed E-state index contributed by atoms with van der Waals surface area (Å²) in [7, 11) is 0. The Morgan fingerprint density at radius 1 is 1.38 bits per heavy atom. The predicted molar refractivity (Wildman–Crippen MR) is 82.5 cm³/mol. The number of ether oxygens (including phenoxy) is 1. The average Bonchev–Trinajstić information content (AvgIpc) is 2.41. The van der Waals surface area contributed by atoms with Crippen LogP contribution in [0.5, 0.6) is 5.75 Å². The maximum atomic E-state index is 11.3. The number of carboxylic acids is 1. The van der Waals surface area contributed by atoms with E-state index in [1.807, 2.05) is 32.9 Å². The van der Waals surface area contributed by atoms with Crippen molar-refractivity contribution in [1.82, 2.24) is 4.90 Å². The summed E-state index contributed by atoms with van der Waals surface area (Å²) in [5.41, 5.74) is 0.658. The second kappa shape index (κ2) is 6.48. The van der Waals surface area contributed by atoms with Crippen molar-refractivity contribution in [3.05, 3.63) is 29.8 Å². The van der Waals surface area contributed by atoms with E-state index in [1.54, 1.807) is 0 Å². The van der Waals surface area contributed by atoms with Crippen LogP contribution in [-0.4, -0.2) is 35.2 Å². The standard InChI is InChI=1S/C17H25NO3/c1-13(2)21-15-6-4-5-14(11-15)12-18-9-7-17(3,8-10-18)16(19)20/h4-6,11,13H,7-10,12H2,1-3H3,(H,19,20). The Morgan fingerprint density at radius 2 is 2.05 bits per heavy atom. The lowest BCUT2D eigenvalue weighted by atomic mass is 9.80. The van der Waals surface area contributed by atoms with Gasteiger partial charge in [-0.3, -0.25) is 9.69 Å². The molecule has 1 aromatic rings. The Labute approximate surface area is 126 Å². The van der Waals surface area contributed by atoms with E-state index in [2.05, 4.69) is 17.0 Å². The molecule has 1 aromatic carbocycles. The van der Waals surface area contributed by atoms with Crippen molar-refractivity contribution in [1.29, 1.82) is 0 Å². The minimum atomic E-state index is -0.672. The van der Waals surface area contributed by atoms with Gasteiger partial charge in [0, 0.05) is 6.54 Å². The lowest BCUT2D eigenvalue weighted by molar-refractivity contribution is -0.150. The van der Waals surface area contributed by atoms with Gasteiger partial charge >= 0.3 is 5.97 Å². The summed E-state index contributed by atoms with van der Waals surface area (Å²) in [6.07, 6.45) is 1.60. The number of hydrogen-bond acceptors (Lipinski definition) is 3. The van der Waals surface area contributed by atoms with Gasteiger partial charge in [-0.2, -0.15) is 0 Å². The molecule has 1 heterocycles. The summed E-state index contributed by atoms with van der Waals surface area (Å²) in [4.78, 5) is 13.6. The molecule has 0 saturated carbocycles. The number of likely N-dealkylation sites (tertiary alicyclic amines) is 1. The number of nitrogens with zero attached hydrogens (tertiary/aromatic N) is 1. The number of piperidine rings is 1. The largest absolute Gasteiger partial charge is 0.491 e. The molecule has 0 aliphatic carbocycles. The second-order valence-corrected chi connectivity index (χ2v) is 6.46.